The monoisotopic (exact) mass is 476 g/mol. The summed E-state index contributed by atoms with van der Waals surface area (Å²) in [6.07, 6.45) is 0.990. The number of anilines is 1. The molecule has 0 atom stereocenters. The summed E-state index contributed by atoms with van der Waals surface area (Å²) in [6.45, 7) is -0.341. The highest BCUT2D eigenvalue weighted by Crippen LogP contribution is 2.38. The molecule has 1 N–H and O–H groups in total. The molecule has 2 aromatic rings. The Balaban J connectivity index is 2.19. The summed E-state index contributed by atoms with van der Waals surface area (Å²) in [5.74, 6) is 0.773. The van der Waals surface area contributed by atoms with Gasteiger partial charge in [0.2, 0.25) is 21.7 Å². The third-order valence-corrected chi connectivity index (χ3v) is 5.74. The first-order valence-electron chi connectivity index (χ1n) is 8.59. The van der Waals surface area contributed by atoms with Crippen molar-refractivity contribution in [1.29, 1.82) is 0 Å². The van der Waals surface area contributed by atoms with Crippen molar-refractivity contribution in [1.82, 2.24) is 5.32 Å². The van der Waals surface area contributed by atoms with E-state index in [1.807, 2.05) is 0 Å². The fraction of sp³-hybridized carbons (Fsp3) is 0.316. The Kier molecular flexibility index (Phi) is 8.05. The van der Waals surface area contributed by atoms with E-state index in [2.05, 4.69) is 5.32 Å². The Labute approximate surface area is 185 Å². The molecule has 0 aliphatic heterocycles. The summed E-state index contributed by atoms with van der Waals surface area (Å²) in [5.41, 5.74) is 0.833. The highest BCUT2D eigenvalue weighted by Gasteiger charge is 2.23. The fourth-order valence-electron chi connectivity index (χ4n) is 2.69. The van der Waals surface area contributed by atoms with Crippen LogP contribution in [0.3, 0.4) is 0 Å². The average Bonchev–Trinajstić information content (AvgIpc) is 2.69. The number of hydrogen-bond donors (Lipinski definition) is 1. The Morgan fingerprint density at radius 2 is 1.63 bits per heavy atom. The van der Waals surface area contributed by atoms with Crippen LogP contribution in [0, 0.1) is 0 Å². The predicted molar refractivity (Wildman–Crippen MR) is 117 cm³/mol. The van der Waals surface area contributed by atoms with Gasteiger partial charge < -0.3 is 19.5 Å². The lowest BCUT2D eigenvalue weighted by Crippen LogP contribution is -2.40. The molecule has 2 aromatic carbocycles. The number of rotatable bonds is 9. The quantitative estimate of drug-likeness (QED) is 0.597. The molecule has 8 nitrogen and oxygen atoms in total. The van der Waals surface area contributed by atoms with Crippen molar-refractivity contribution in [2.24, 2.45) is 0 Å². The van der Waals surface area contributed by atoms with Crippen LogP contribution in [0.15, 0.2) is 30.3 Å². The molecule has 0 spiro atoms. The summed E-state index contributed by atoms with van der Waals surface area (Å²) < 4.78 is 41.2. The van der Waals surface area contributed by atoms with Crippen LogP contribution < -0.4 is 23.8 Å². The largest absolute Gasteiger partial charge is 0.493 e. The first kappa shape index (κ1) is 23.9. The van der Waals surface area contributed by atoms with Gasteiger partial charge in [-0.2, -0.15) is 0 Å². The number of benzene rings is 2. The van der Waals surface area contributed by atoms with E-state index in [1.165, 1.54) is 39.5 Å². The molecule has 164 valence electrons. The zero-order valence-electron chi connectivity index (χ0n) is 16.9. The van der Waals surface area contributed by atoms with E-state index < -0.39 is 22.5 Å². The second kappa shape index (κ2) is 10.1. The van der Waals surface area contributed by atoms with Gasteiger partial charge in [0.05, 0.1) is 38.3 Å². The van der Waals surface area contributed by atoms with Gasteiger partial charge >= 0.3 is 0 Å². The molecule has 0 fully saturated rings. The van der Waals surface area contributed by atoms with Crippen molar-refractivity contribution in [3.63, 3.8) is 0 Å². The van der Waals surface area contributed by atoms with Crippen LogP contribution in [0.4, 0.5) is 5.69 Å². The minimum absolute atomic E-state index is 0.113. The van der Waals surface area contributed by atoms with Gasteiger partial charge in [0.1, 0.15) is 6.54 Å². The van der Waals surface area contributed by atoms with Crippen LogP contribution in [-0.2, 0) is 21.4 Å². The lowest BCUT2D eigenvalue weighted by Gasteiger charge is -2.23. The molecule has 0 heterocycles. The predicted octanol–water partition coefficient (Wildman–Crippen LogP) is 3.10. The maximum absolute atomic E-state index is 12.5. The SMILES string of the molecule is COc1cc(CNC(=O)CN(c2ccc(Cl)cc2Cl)S(C)(=O)=O)cc(OC)c1OC. The lowest BCUT2D eigenvalue weighted by molar-refractivity contribution is -0.119. The number of carbonyl (C=O) groups excluding carboxylic acids is 1. The van der Waals surface area contributed by atoms with E-state index >= 15 is 0 Å². The first-order chi connectivity index (χ1) is 14.1. The van der Waals surface area contributed by atoms with Crippen LogP contribution >= 0.6 is 23.2 Å². The molecule has 30 heavy (non-hydrogen) atoms. The Hall–Kier alpha value is -2.36. The number of sulfonamides is 1. The maximum atomic E-state index is 12.5. The Morgan fingerprint density at radius 1 is 1.03 bits per heavy atom. The van der Waals surface area contributed by atoms with E-state index in [1.54, 1.807) is 12.1 Å². The normalized spacial score (nSPS) is 11.0. The van der Waals surface area contributed by atoms with Gasteiger partial charge in [-0.1, -0.05) is 23.2 Å². The second-order valence-corrected chi connectivity index (χ2v) is 8.93. The molecule has 2 rings (SSSR count). The van der Waals surface area contributed by atoms with Crippen LogP contribution in [0.2, 0.25) is 10.0 Å². The number of nitrogens with zero attached hydrogens (tertiary/aromatic N) is 1. The number of nitrogens with one attached hydrogen (secondary N) is 1. The zero-order valence-corrected chi connectivity index (χ0v) is 19.2. The van der Waals surface area contributed by atoms with Gasteiger partial charge in [-0.3, -0.25) is 9.10 Å². The van der Waals surface area contributed by atoms with E-state index in [4.69, 9.17) is 37.4 Å². The van der Waals surface area contributed by atoms with E-state index in [0.29, 0.717) is 27.8 Å². The molecular formula is C19H22Cl2N2O6S. The molecule has 0 saturated carbocycles. The summed E-state index contributed by atoms with van der Waals surface area (Å²) in [5, 5.41) is 3.14. The second-order valence-electron chi connectivity index (χ2n) is 6.18. The summed E-state index contributed by atoms with van der Waals surface area (Å²) >= 11 is 12.0. The Bertz CT molecular complexity index is 1000. The minimum Gasteiger partial charge on any atom is -0.493 e. The van der Waals surface area contributed by atoms with Gasteiger partial charge in [0, 0.05) is 11.6 Å². The molecule has 1 amide bonds. The molecule has 0 radical (unpaired) electrons. The van der Waals surface area contributed by atoms with Crippen LogP contribution in [0.1, 0.15) is 5.56 Å². The number of amides is 1. The van der Waals surface area contributed by atoms with Crippen molar-refractivity contribution in [3.05, 3.63) is 45.9 Å². The highest BCUT2D eigenvalue weighted by atomic mass is 35.5. The van der Waals surface area contributed by atoms with Crippen molar-refractivity contribution in [3.8, 4) is 17.2 Å². The number of hydrogen-bond acceptors (Lipinski definition) is 6. The van der Waals surface area contributed by atoms with Crippen LogP contribution in [0.5, 0.6) is 17.2 Å². The summed E-state index contributed by atoms with van der Waals surface area (Å²) in [4.78, 5) is 12.5. The molecule has 0 aliphatic rings. The lowest BCUT2D eigenvalue weighted by atomic mass is 10.1. The summed E-state index contributed by atoms with van der Waals surface area (Å²) in [6, 6.07) is 7.72. The smallest absolute Gasteiger partial charge is 0.241 e. The molecule has 11 heteroatoms. The van der Waals surface area contributed by atoms with Crippen LogP contribution in [0.25, 0.3) is 0 Å². The van der Waals surface area contributed by atoms with E-state index in [0.717, 1.165) is 10.6 Å². The van der Waals surface area contributed by atoms with Crippen molar-refractivity contribution >= 4 is 44.8 Å². The van der Waals surface area contributed by atoms with Gasteiger partial charge in [-0.05, 0) is 35.9 Å². The summed E-state index contributed by atoms with van der Waals surface area (Å²) in [7, 11) is 0.688. The Morgan fingerprint density at radius 3 is 2.10 bits per heavy atom. The average molecular weight is 477 g/mol. The van der Waals surface area contributed by atoms with Gasteiger partial charge in [-0.15, -0.1) is 0 Å². The molecule has 0 bridgehead atoms. The first-order valence-corrected chi connectivity index (χ1v) is 11.2. The number of methoxy groups -OCH3 is 3. The maximum Gasteiger partial charge on any atom is 0.241 e. The van der Waals surface area contributed by atoms with Crippen LogP contribution in [-0.4, -0.2) is 48.5 Å². The molecular weight excluding hydrogens is 455 g/mol. The minimum atomic E-state index is -3.77. The third-order valence-electron chi connectivity index (χ3n) is 4.08. The standard InChI is InChI=1S/C19H22Cl2N2O6S/c1-27-16-7-12(8-17(28-2)19(16)29-3)10-22-18(24)11-23(30(4,25)26)15-6-5-13(20)9-14(15)21/h5-9H,10-11H2,1-4H3,(H,22,24). The molecule has 0 saturated heterocycles. The van der Waals surface area contributed by atoms with Crippen molar-refractivity contribution in [2.45, 2.75) is 6.54 Å². The molecule has 0 aliphatic carbocycles. The van der Waals surface area contributed by atoms with E-state index in [9.17, 15) is 13.2 Å². The zero-order chi connectivity index (χ0) is 22.5. The number of halogens is 2. The topological polar surface area (TPSA) is 94.2 Å². The van der Waals surface area contributed by atoms with E-state index in [-0.39, 0.29) is 17.3 Å². The van der Waals surface area contributed by atoms with Gasteiger partial charge in [-0.25, -0.2) is 8.42 Å². The third kappa shape index (κ3) is 5.84. The van der Waals surface area contributed by atoms with Gasteiger partial charge in [0.25, 0.3) is 0 Å². The molecule has 0 unspecified atom stereocenters. The van der Waals surface area contributed by atoms with Crippen molar-refractivity contribution < 1.29 is 27.4 Å². The number of carbonyl (C=O) groups is 1. The molecule has 0 aromatic heterocycles. The van der Waals surface area contributed by atoms with Gasteiger partial charge in [0.15, 0.2) is 11.5 Å². The van der Waals surface area contributed by atoms with Crippen molar-refractivity contribution in [2.75, 3.05) is 38.4 Å². The fourth-order valence-corrected chi connectivity index (χ4v) is 4.12. The highest BCUT2D eigenvalue weighted by molar-refractivity contribution is 7.92. The number of ether oxygens (including phenoxy) is 3.